The molecule has 0 amide bonds. The zero-order valence-electron chi connectivity index (χ0n) is 18.3. The number of imidazole rings is 1. The Kier molecular flexibility index (Phi) is 3.93. The van der Waals surface area contributed by atoms with E-state index in [4.69, 9.17) is 16.6 Å². The van der Waals surface area contributed by atoms with E-state index >= 15 is 0 Å². The number of nitrogens with zero attached hydrogens (tertiary/aromatic N) is 3. The van der Waals surface area contributed by atoms with Gasteiger partial charge < -0.3 is 9.97 Å². The minimum absolute atomic E-state index is 0.129. The number of fused-ring (bicyclic) bond motifs is 7. The molecule has 4 aromatic heterocycles. The minimum atomic E-state index is -0.129. The molecule has 0 saturated carbocycles. The highest BCUT2D eigenvalue weighted by Crippen LogP contribution is 2.43. The standard InChI is InChI=1S/C26H22ClN5/c1-13-9-10-16(27)17-18(24(26(2,3)4)30-19(13)17)25-31-22-14-7-5-11-28-20(14)21-15(23(22)32-25)8-6-12-29-21/h5-12,30H,1-4H3,(H,31,32). The van der Waals surface area contributed by atoms with Gasteiger partial charge in [0.05, 0.1) is 32.6 Å². The Hall–Kier alpha value is -3.44. The van der Waals surface area contributed by atoms with Crippen LogP contribution in [-0.2, 0) is 5.41 Å². The molecule has 0 saturated heterocycles. The van der Waals surface area contributed by atoms with Crippen LogP contribution in [-0.4, -0.2) is 24.9 Å². The lowest BCUT2D eigenvalue weighted by molar-refractivity contribution is 0.575. The van der Waals surface area contributed by atoms with Crippen molar-refractivity contribution in [2.24, 2.45) is 0 Å². The maximum Gasteiger partial charge on any atom is 0.141 e. The van der Waals surface area contributed by atoms with Crippen molar-refractivity contribution >= 4 is 55.3 Å². The molecule has 158 valence electrons. The molecule has 0 aliphatic rings. The number of halogens is 1. The van der Waals surface area contributed by atoms with Crippen LogP contribution in [0, 0.1) is 6.92 Å². The molecule has 2 N–H and O–H groups in total. The molecule has 0 unspecified atom stereocenters. The average molecular weight is 440 g/mol. The van der Waals surface area contributed by atoms with Crippen LogP contribution < -0.4 is 0 Å². The first kappa shape index (κ1) is 19.3. The van der Waals surface area contributed by atoms with Gasteiger partial charge in [0, 0.05) is 45.2 Å². The highest BCUT2D eigenvalue weighted by molar-refractivity contribution is 6.37. The molecular weight excluding hydrogens is 418 g/mol. The predicted octanol–water partition coefficient (Wildman–Crippen LogP) is 7.07. The lowest BCUT2D eigenvalue weighted by Crippen LogP contribution is -2.13. The zero-order valence-corrected chi connectivity index (χ0v) is 19.1. The monoisotopic (exact) mass is 439 g/mol. The van der Waals surface area contributed by atoms with Crippen molar-refractivity contribution in [3.05, 3.63) is 65.1 Å². The first-order chi connectivity index (χ1) is 15.3. The topological polar surface area (TPSA) is 70.2 Å². The van der Waals surface area contributed by atoms with Crippen molar-refractivity contribution in [3.8, 4) is 11.4 Å². The van der Waals surface area contributed by atoms with E-state index in [1.54, 1.807) is 12.4 Å². The van der Waals surface area contributed by atoms with Gasteiger partial charge in [-0.2, -0.15) is 0 Å². The van der Waals surface area contributed by atoms with E-state index in [2.05, 4.69) is 59.8 Å². The Morgan fingerprint density at radius 3 is 2.22 bits per heavy atom. The summed E-state index contributed by atoms with van der Waals surface area (Å²) in [6.45, 7) is 8.70. The van der Waals surface area contributed by atoms with Gasteiger partial charge in [-0.25, -0.2) is 4.98 Å². The van der Waals surface area contributed by atoms with Gasteiger partial charge in [-0.05, 0) is 42.8 Å². The van der Waals surface area contributed by atoms with Crippen molar-refractivity contribution < 1.29 is 0 Å². The van der Waals surface area contributed by atoms with Crippen molar-refractivity contribution in [2.75, 3.05) is 0 Å². The Morgan fingerprint density at radius 2 is 1.50 bits per heavy atom. The molecule has 2 aromatic carbocycles. The molecule has 0 fully saturated rings. The molecule has 0 aliphatic carbocycles. The van der Waals surface area contributed by atoms with Crippen LogP contribution in [0.2, 0.25) is 5.02 Å². The second kappa shape index (κ2) is 6.53. The van der Waals surface area contributed by atoms with Gasteiger partial charge in [-0.15, -0.1) is 0 Å². The summed E-state index contributed by atoms with van der Waals surface area (Å²) in [6.07, 6.45) is 3.61. The molecular formula is C26H22ClN5. The fraction of sp³-hybridized carbons (Fsp3) is 0.192. The van der Waals surface area contributed by atoms with E-state index in [9.17, 15) is 0 Å². The number of aromatic amines is 2. The molecule has 5 nitrogen and oxygen atoms in total. The number of aryl methyl sites for hydroxylation is 1. The molecule has 6 aromatic rings. The van der Waals surface area contributed by atoms with E-state index in [1.165, 1.54) is 0 Å². The maximum atomic E-state index is 6.75. The van der Waals surface area contributed by atoms with E-state index in [0.717, 1.165) is 66.4 Å². The summed E-state index contributed by atoms with van der Waals surface area (Å²) >= 11 is 6.75. The fourth-order valence-electron chi connectivity index (χ4n) is 4.66. The van der Waals surface area contributed by atoms with Crippen molar-refractivity contribution in [1.82, 2.24) is 24.9 Å². The molecule has 0 atom stereocenters. The lowest BCUT2D eigenvalue weighted by atomic mass is 9.88. The summed E-state index contributed by atoms with van der Waals surface area (Å²) < 4.78 is 0. The van der Waals surface area contributed by atoms with Crippen LogP contribution in [0.25, 0.3) is 55.1 Å². The highest BCUT2D eigenvalue weighted by atomic mass is 35.5. The second-order valence-corrected chi connectivity index (χ2v) is 9.75. The first-order valence-corrected chi connectivity index (χ1v) is 11.0. The average Bonchev–Trinajstić information content (AvgIpc) is 3.39. The summed E-state index contributed by atoms with van der Waals surface area (Å²) in [4.78, 5) is 21.7. The normalized spacial score (nSPS) is 12.5. The van der Waals surface area contributed by atoms with Gasteiger partial charge in [0.15, 0.2) is 0 Å². The summed E-state index contributed by atoms with van der Waals surface area (Å²) in [7, 11) is 0. The summed E-state index contributed by atoms with van der Waals surface area (Å²) in [6, 6.07) is 12.0. The number of hydrogen-bond donors (Lipinski definition) is 2. The molecule has 4 heterocycles. The van der Waals surface area contributed by atoms with Gasteiger partial charge in [-0.3, -0.25) is 9.97 Å². The molecule has 6 heteroatoms. The number of rotatable bonds is 1. The van der Waals surface area contributed by atoms with E-state index in [1.807, 2.05) is 24.3 Å². The number of pyridine rings is 2. The summed E-state index contributed by atoms with van der Waals surface area (Å²) in [5.41, 5.74) is 7.78. The van der Waals surface area contributed by atoms with Crippen LogP contribution >= 0.6 is 11.6 Å². The fourth-order valence-corrected chi connectivity index (χ4v) is 4.91. The van der Waals surface area contributed by atoms with Gasteiger partial charge in [0.1, 0.15) is 5.82 Å². The number of hydrogen-bond acceptors (Lipinski definition) is 3. The third-order valence-corrected chi connectivity index (χ3v) is 6.48. The third kappa shape index (κ3) is 2.61. The van der Waals surface area contributed by atoms with Crippen molar-refractivity contribution in [2.45, 2.75) is 33.1 Å². The van der Waals surface area contributed by atoms with Gasteiger partial charge in [0.2, 0.25) is 0 Å². The Labute approximate surface area is 189 Å². The van der Waals surface area contributed by atoms with E-state index in [0.29, 0.717) is 5.02 Å². The highest BCUT2D eigenvalue weighted by Gasteiger charge is 2.28. The van der Waals surface area contributed by atoms with Gasteiger partial charge in [-0.1, -0.05) is 38.4 Å². The Balaban J connectivity index is 1.81. The molecule has 6 rings (SSSR count). The predicted molar refractivity (Wildman–Crippen MR) is 132 cm³/mol. The molecule has 0 radical (unpaired) electrons. The van der Waals surface area contributed by atoms with Crippen LogP contribution in [0.4, 0.5) is 0 Å². The summed E-state index contributed by atoms with van der Waals surface area (Å²) in [5.74, 6) is 0.796. The third-order valence-electron chi connectivity index (χ3n) is 6.17. The van der Waals surface area contributed by atoms with Crippen LogP contribution in [0.1, 0.15) is 32.0 Å². The van der Waals surface area contributed by atoms with Crippen molar-refractivity contribution in [1.29, 1.82) is 0 Å². The van der Waals surface area contributed by atoms with Crippen molar-refractivity contribution in [3.63, 3.8) is 0 Å². The number of aromatic nitrogens is 5. The zero-order chi connectivity index (χ0) is 22.2. The largest absolute Gasteiger partial charge is 0.357 e. The minimum Gasteiger partial charge on any atom is -0.357 e. The Bertz CT molecular complexity index is 1610. The smallest absolute Gasteiger partial charge is 0.141 e. The van der Waals surface area contributed by atoms with Crippen LogP contribution in [0.15, 0.2) is 48.8 Å². The molecule has 0 spiro atoms. The van der Waals surface area contributed by atoms with Crippen LogP contribution in [0.3, 0.4) is 0 Å². The maximum absolute atomic E-state index is 6.75. The lowest BCUT2D eigenvalue weighted by Gasteiger charge is -2.18. The summed E-state index contributed by atoms with van der Waals surface area (Å²) in [5, 5.41) is 3.70. The van der Waals surface area contributed by atoms with E-state index < -0.39 is 0 Å². The second-order valence-electron chi connectivity index (χ2n) is 9.35. The quantitative estimate of drug-likeness (QED) is 0.269. The van der Waals surface area contributed by atoms with Gasteiger partial charge >= 0.3 is 0 Å². The number of benzene rings is 2. The molecule has 0 bridgehead atoms. The first-order valence-electron chi connectivity index (χ1n) is 10.7. The van der Waals surface area contributed by atoms with Gasteiger partial charge in [0.25, 0.3) is 0 Å². The number of H-pyrrole nitrogens is 2. The molecule has 0 aliphatic heterocycles. The SMILES string of the molecule is Cc1ccc(Cl)c2c(-c3nc4c5cccnc5c5ncccc5c4[nH]3)c(C(C)(C)C)[nH]c12. The molecule has 32 heavy (non-hydrogen) atoms. The van der Waals surface area contributed by atoms with Crippen LogP contribution in [0.5, 0.6) is 0 Å². The van der Waals surface area contributed by atoms with E-state index in [-0.39, 0.29) is 5.41 Å². The number of nitrogens with one attached hydrogen (secondary N) is 2. The Morgan fingerprint density at radius 1 is 0.812 bits per heavy atom.